The molecule has 0 aliphatic rings. The van der Waals surface area contributed by atoms with Gasteiger partial charge in [0.2, 0.25) is 0 Å². The zero-order chi connectivity index (χ0) is 13.3. The van der Waals surface area contributed by atoms with Crippen LogP contribution in [0.15, 0.2) is 23.1 Å². The minimum atomic E-state index is -3.19. The zero-order valence-corrected chi connectivity index (χ0v) is 12.1. The van der Waals surface area contributed by atoms with Crippen molar-refractivity contribution in [2.75, 3.05) is 6.26 Å². The SMILES string of the molecule is CC(C)(C)NCc1ccc(S(C)(=O)=O)cc1Cl. The summed E-state index contributed by atoms with van der Waals surface area (Å²) < 4.78 is 22.7. The van der Waals surface area contributed by atoms with Gasteiger partial charge < -0.3 is 5.32 Å². The van der Waals surface area contributed by atoms with Gasteiger partial charge in [-0.3, -0.25) is 0 Å². The van der Waals surface area contributed by atoms with Crippen molar-refractivity contribution in [2.24, 2.45) is 0 Å². The lowest BCUT2D eigenvalue weighted by Crippen LogP contribution is -2.35. The van der Waals surface area contributed by atoms with Gasteiger partial charge >= 0.3 is 0 Å². The fourth-order valence-corrected chi connectivity index (χ4v) is 2.22. The summed E-state index contributed by atoms with van der Waals surface area (Å²) in [6, 6.07) is 4.83. The van der Waals surface area contributed by atoms with Crippen LogP contribution in [0, 0.1) is 0 Å². The molecule has 1 N–H and O–H groups in total. The van der Waals surface area contributed by atoms with E-state index in [2.05, 4.69) is 26.1 Å². The third kappa shape index (κ3) is 4.66. The van der Waals surface area contributed by atoms with Crippen LogP contribution in [-0.4, -0.2) is 20.2 Å². The van der Waals surface area contributed by atoms with Crippen LogP contribution in [0.1, 0.15) is 26.3 Å². The largest absolute Gasteiger partial charge is 0.308 e. The average molecular weight is 276 g/mol. The van der Waals surface area contributed by atoms with E-state index in [9.17, 15) is 8.42 Å². The molecule has 0 aliphatic carbocycles. The highest BCUT2D eigenvalue weighted by Crippen LogP contribution is 2.21. The molecule has 0 heterocycles. The monoisotopic (exact) mass is 275 g/mol. The van der Waals surface area contributed by atoms with Gasteiger partial charge in [0.25, 0.3) is 0 Å². The van der Waals surface area contributed by atoms with Crippen LogP contribution in [0.3, 0.4) is 0 Å². The first kappa shape index (κ1) is 14.5. The lowest BCUT2D eigenvalue weighted by molar-refractivity contribution is 0.424. The van der Waals surface area contributed by atoms with Crippen molar-refractivity contribution < 1.29 is 8.42 Å². The van der Waals surface area contributed by atoms with E-state index in [4.69, 9.17) is 11.6 Å². The number of rotatable bonds is 3. The molecule has 17 heavy (non-hydrogen) atoms. The van der Waals surface area contributed by atoms with Crippen molar-refractivity contribution in [1.29, 1.82) is 0 Å². The molecule has 0 saturated carbocycles. The number of nitrogens with one attached hydrogen (secondary N) is 1. The summed E-state index contributed by atoms with van der Waals surface area (Å²) >= 11 is 6.06. The summed E-state index contributed by atoms with van der Waals surface area (Å²) in [5.41, 5.74) is 0.896. The third-order valence-corrected chi connectivity index (χ3v) is 3.72. The fourth-order valence-electron chi connectivity index (χ4n) is 1.26. The van der Waals surface area contributed by atoms with Gasteiger partial charge in [0.15, 0.2) is 9.84 Å². The number of hydrogen-bond donors (Lipinski definition) is 1. The van der Waals surface area contributed by atoms with Crippen LogP contribution in [0.4, 0.5) is 0 Å². The van der Waals surface area contributed by atoms with Crippen LogP contribution in [0.2, 0.25) is 5.02 Å². The standard InChI is InChI=1S/C12H18ClNO2S/c1-12(2,3)14-8-9-5-6-10(7-11(9)13)17(4,15)16/h5-7,14H,8H2,1-4H3. The molecule has 0 aliphatic heterocycles. The summed E-state index contributed by atoms with van der Waals surface area (Å²) in [7, 11) is -3.19. The van der Waals surface area contributed by atoms with Crippen molar-refractivity contribution in [3.63, 3.8) is 0 Å². The maximum Gasteiger partial charge on any atom is 0.175 e. The Balaban J connectivity index is 2.92. The molecule has 0 unspecified atom stereocenters. The Hall–Kier alpha value is -0.580. The molecule has 0 spiro atoms. The molecule has 0 bridgehead atoms. The van der Waals surface area contributed by atoms with Crippen LogP contribution in [-0.2, 0) is 16.4 Å². The van der Waals surface area contributed by atoms with E-state index in [0.29, 0.717) is 11.6 Å². The number of halogens is 1. The smallest absolute Gasteiger partial charge is 0.175 e. The Bertz CT molecular complexity index is 504. The van der Waals surface area contributed by atoms with E-state index in [1.807, 2.05) is 0 Å². The van der Waals surface area contributed by atoms with Crippen molar-refractivity contribution in [1.82, 2.24) is 5.32 Å². The molecule has 1 rings (SSSR count). The van der Waals surface area contributed by atoms with E-state index in [1.54, 1.807) is 12.1 Å². The van der Waals surface area contributed by atoms with Gasteiger partial charge in [0.05, 0.1) is 4.90 Å². The highest BCUT2D eigenvalue weighted by atomic mass is 35.5. The molecule has 0 saturated heterocycles. The first-order valence-electron chi connectivity index (χ1n) is 5.33. The second-order valence-corrected chi connectivity index (χ2v) is 7.55. The van der Waals surface area contributed by atoms with E-state index in [1.165, 1.54) is 12.3 Å². The second kappa shape index (κ2) is 4.96. The Morgan fingerprint density at radius 3 is 2.29 bits per heavy atom. The maximum atomic E-state index is 11.3. The summed E-state index contributed by atoms with van der Waals surface area (Å²) in [6.07, 6.45) is 1.17. The van der Waals surface area contributed by atoms with Crippen LogP contribution in [0.5, 0.6) is 0 Å². The lowest BCUT2D eigenvalue weighted by Gasteiger charge is -2.21. The summed E-state index contributed by atoms with van der Waals surface area (Å²) in [5.74, 6) is 0. The zero-order valence-electron chi connectivity index (χ0n) is 10.5. The van der Waals surface area contributed by atoms with Crippen molar-refractivity contribution in [3.8, 4) is 0 Å². The second-order valence-electron chi connectivity index (χ2n) is 5.13. The van der Waals surface area contributed by atoms with Gasteiger partial charge in [0.1, 0.15) is 0 Å². The molecule has 3 nitrogen and oxygen atoms in total. The third-order valence-electron chi connectivity index (χ3n) is 2.26. The lowest BCUT2D eigenvalue weighted by atomic mass is 10.1. The molecule has 96 valence electrons. The first-order chi connectivity index (χ1) is 7.59. The van der Waals surface area contributed by atoms with Gasteiger partial charge in [-0.1, -0.05) is 17.7 Å². The molecule has 0 amide bonds. The minimum Gasteiger partial charge on any atom is -0.308 e. The molecule has 5 heteroatoms. The Kier molecular flexibility index (Phi) is 4.23. The van der Waals surface area contributed by atoms with Crippen molar-refractivity contribution in [3.05, 3.63) is 28.8 Å². The Morgan fingerprint density at radius 1 is 1.29 bits per heavy atom. The van der Waals surface area contributed by atoms with Crippen molar-refractivity contribution >= 4 is 21.4 Å². The van der Waals surface area contributed by atoms with Crippen LogP contribution >= 0.6 is 11.6 Å². The number of sulfone groups is 1. The fraction of sp³-hybridized carbons (Fsp3) is 0.500. The summed E-state index contributed by atoms with van der Waals surface area (Å²) in [4.78, 5) is 0.252. The number of hydrogen-bond acceptors (Lipinski definition) is 3. The predicted molar refractivity (Wildman–Crippen MR) is 71.2 cm³/mol. The summed E-state index contributed by atoms with van der Waals surface area (Å²) in [5, 5.41) is 3.78. The first-order valence-corrected chi connectivity index (χ1v) is 7.60. The van der Waals surface area contributed by atoms with Crippen LogP contribution < -0.4 is 5.32 Å². The molecule has 0 fully saturated rings. The molecule has 0 atom stereocenters. The van der Waals surface area contributed by atoms with E-state index < -0.39 is 9.84 Å². The summed E-state index contributed by atoms with van der Waals surface area (Å²) in [6.45, 7) is 6.80. The molecular weight excluding hydrogens is 258 g/mol. The van der Waals surface area contributed by atoms with Gasteiger partial charge in [-0.2, -0.15) is 0 Å². The topological polar surface area (TPSA) is 46.2 Å². The average Bonchev–Trinajstić information content (AvgIpc) is 2.12. The highest BCUT2D eigenvalue weighted by molar-refractivity contribution is 7.90. The van der Waals surface area contributed by atoms with Gasteiger partial charge in [-0.25, -0.2) is 8.42 Å². The number of benzene rings is 1. The van der Waals surface area contributed by atoms with Gasteiger partial charge in [0, 0.05) is 23.4 Å². The van der Waals surface area contributed by atoms with Gasteiger partial charge in [-0.15, -0.1) is 0 Å². The minimum absolute atomic E-state index is 0.00116. The molecule has 1 aromatic carbocycles. The molecular formula is C12H18ClNO2S. The molecule has 0 radical (unpaired) electrons. The van der Waals surface area contributed by atoms with Crippen LogP contribution in [0.25, 0.3) is 0 Å². The van der Waals surface area contributed by atoms with E-state index in [0.717, 1.165) is 5.56 Å². The Labute approximate surface area is 108 Å². The highest BCUT2D eigenvalue weighted by Gasteiger charge is 2.12. The van der Waals surface area contributed by atoms with Crippen molar-refractivity contribution in [2.45, 2.75) is 37.8 Å². The predicted octanol–water partition coefficient (Wildman–Crippen LogP) is 2.63. The Morgan fingerprint density at radius 2 is 1.88 bits per heavy atom. The molecule has 0 aromatic heterocycles. The van der Waals surface area contributed by atoms with Gasteiger partial charge in [-0.05, 0) is 38.5 Å². The quantitative estimate of drug-likeness (QED) is 0.922. The van der Waals surface area contributed by atoms with E-state index >= 15 is 0 Å². The maximum absolute atomic E-state index is 11.3. The normalized spacial score (nSPS) is 12.8. The molecule has 1 aromatic rings. The van der Waals surface area contributed by atoms with E-state index in [-0.39, 0.29) is 10.4 Å².